The molecule has 6 rings (SSSR count). The molecule has 0 spiro atoms. The van der Waals surface area contributed by atoms with Gasteiger partial charge in [-0.15, -0.1) is 0 Å². The van der Waals surface area contributed by atoms with Gasteiger partial charge in [-0.05, 0) is 67.6 Å². The lowest BCUT2D eigenvalue weighted by molar-refractivity contribution is -0.137. The van der Waals surface area contributed by atoms with Gasteiger partial charge in [0.15, 0.2) is 0 Å². The zero-order chi connectivity index (χ0) is 31.6. The first-order chi connectivity index (χ1) is 21.6. The minimum Gasteiger partial charge on any atom is -0.366 e. The average Bonchev–Trinajstić information content (AvgIpc) is 3.03. The summed E-state index contributed by atoms with van der Waals surface area (Å²) in [5.41, 5.74) is 5.77. The van der Waals surface area contributed by atoms with Gasteiger partial charge in [0.25, 0.3) is 5.91 Å². The zero-order valence-electron chi connectivity index (χ0n) is 25.4. The summed E-state index contributed by atoms with van der Waals surface area (Å²) in [6.45, 7) is 8.53. The third-order valence-electron chi connectivity index (χ3n) is 8.38. The molecule has 2 aliphatic rings. The molecule has 11 heteroatoms. The summed E-state index contributed by atoms with van der Waals surface area (Å²) in [5, 5.41) is 6.13. The number of hydrogen-bond donors (Lipinski definition) is 2. The highest BCUT2D eigenvalue weighted by Gasteiger charge is 2.31. The van der Waals surface area contributed by atoms with E-state index in [-0.39, 0.29) is 5.56 Å². The number of fused-ring (bicyclic) bond motifs is 1. The molecule has 2 N–H and O–H groups in total. The number of amides is 1. The van der Waals surface area contributed by atoms with Crippen molar-refractivity contribution in [1.29, 1.82) is 0 Å². The van der Waals surface area contributed by atoms with Crippen molar-refractivity contribution in [2.75, 3.05) is 55.3 Å². The Hall–Kier alpha value is -4.48. The fourth-order valence-electron chi connectivity index (χ4n) is 5.79. The van der Waals surface area contributed by atoms with E-state index >= 15 is 0 Å². The Morgan fingerprint density at radius 3 is 2.53 bits per heavy atom. The number of hydrogen-bond acceptors (Lipinski definition) is 7. The quantitative estimate of drug-likeness (QED) is 0.260. The Morgan fingerprint density at radius 1 is 0.933 bits per heavy atom. The molecule has 4 aromatic rings. The molecule has 0 aliphatic carbocycles. The molecule has 0 radical (unpaired) electrons. The summed E-state index contributed by atoms with van der Waals surface area (Å²) < 4.78 is 39.4. The number of aryl methyl sites for hydroxylation is 1. The van der Waals surface area contributed by atoms with Crippen LogP contribution in [0.5, 0.6) is 0 Å². The van der Waals surface area contributed by atoms with Gasteiger partial charge in [-0.2, -0.15) is 13.2 Å². The predicted octanol–water partition coefficient (Wildman–Crippen LogP) is 6.11. The summed E-state index contributed by atoms with van der Waals surface area (Å²) in [6.07, 6.45) is -1.94. The highest BCUT2D eigenvalue weighted by Crippen LogP contribution is 2.31. The largest absolute Gasteiger partial charge is 0.416 e. The predicted molar refractivity (Wildman–Crippen MR) is 170 cm³/mol. The van der Waals surface area contributed by atoms with Gasteiger partial charge in [0.1, 0.15) is 0 Å². The van der Waals surface area contributed by atoms with Crippen molar-refractivity contribution >= 4 is 28.9 Å². The molecule has 1 amide bonds. The second-order valence-corrected chi connectivity index (χ2v) is 11.8. The van der Waals surface area contributed by atoms with E-state index in [4.69, 9.17) is 4.98 Å². The van der Waals surface area contributed by atoms with E-state index in [1.807, 2.05) is 31.3 Å². The molecular weight excluding hydrogens is 579 g/mol. The molecular formula is C34H36F3N7O. The van der Waals surface area contributed by atoms with Crippen LogP contribution in [0, 0.1) is 6.92 Å². The van der Waals surface area contributed by atoms with Gasteiger partial charge in [-0.25, -0.2) is 9.97 Å². The number of rotatable bonds is 7. The minimum atomic E-state index is -4.52. The van der Waals surface area contributed by atoms with Crippen LogP contribution in [-0.4, -0.2) is 65.4 Å². The lowest BCUT2D eigenvalue weighted by atomic mass is 10.0. The third-order valence-corrected chi connectivity index (χ3v) is 8.38. The standard InChI is InChI=1S/C34H36F3N7O/c1-23-9-10-29(39-32(45)25-6-4-7-27(18-25)34(35,36)37)19-31(23)44-12-11-30-26(22-44)20-38-33(41-30)40-28-8-3-5-24(17-28)21-43-15-13-42(2)14-16-43/h3-10,17-20H,11-16,21-22H2,1-2H3,(H,39,45)(H,38,40,41). The van der Waals surface area contributed by atoms with E-state index in [0.717, 1.165) is 86.0 Å². The highest BCUT2D eigenvalue weighted by molar-refractivity contribution is 6.04. The zero-order valence-corrected chi connectivity index (χ0v) is 25.4. The number of nitrogens with zero attached hydrogens (tertiary/aromatic N) is 5. The molecule has 0 unspecified atom stereocenters. The number of anilines is 4. The van der Waals surface area contributed by atoms with E-state index in [1.54, 1.807) is 6.07 Å². The van der Waals surface area contributed by atoms with Crippen molar-refractivity contribution in [2.24, 2.45) is 0 Å². The maximum Gasteiger partial charge on any atom is 0.416 e. The van der Waals surface area contributed by atoms with E-state index in [2.05, 4.69) is 55.6 Å². The summed E-state index contributed by atoms with van der Waals surface area (Å²) in [4.78, 5) is 29.3. The number of alkyl halides is 3. The number of piperazine rings is 1. The van der Waals surface area contributed by atoms with Gasteiger partial charge in [0, 0.05) is 86.6 Å². The molecule has 0 saturated carbocycles. The molecule has 45 heavy (non-hydrogen) atoms. The van der Waals surface area contributed by atoms with Gasteiger partial charge in [0.05, 0.1) is 11.3 Å². The maximum absolute atomic E-state index is 13.1. The van der Waals surface area contributed by atoms with Crippen LogP contribution in [0.1, 0.15) is 38.3 Å². The van der Waals surface area contributed by atoms with Crippen LogP contribution in [-0.2, 0) is 25.7 Å². The van der Waals surface area contributed by atoms with E-state index in [9.17, 15) is 18.0 Å². The van der Waals surface area contributed by atoms with Crippen LogP contribution in [0.2, 0.25) is 0 Å². The second-order valence-electron chi connectivity index (χ2n) is 11.8. The Labute approximate surface area is 260 Å². The minimum absolute atomic E-state index is 0.0535. The molecule has 3 heterocycles. The summed E-state index contributed by atoms with van der Waals surface area (Å²) >= 11 is 0. The average molecular weight is 616 g/mol. The number of nitrogens with one attached hydrogen (secondary N) is 2. The van der Waals surface area contributed by atoms with Gasteiger partial charge in [-0.3, -0.25) is 9.69 Å². The Balaban J connectivity index is 1.11. The molecule has 0 bridgehead atoms. The highest BCUT2D eigenvalue weighted by atomic mass is 19.4. The number of halogens is 3. The van der Waals surface area contributed by atoms with Crippen molar-refractivity contribution in [3.05, 3.63) is 106 Å². The number of carbonyl (C=O) groups excluding carboxylic acids is 1. The number of likely N-dealkylation sites (N-methyl/N-ethyl adjacent to an activating group) is 1. The van der Waals surface area contributed by atoms with Crippen molar-refractivity contribution in [1.82, 2.24) is 19.8 Å². The van der Waals surface area contributed by atoms with Gasteiger partial charge >= 0.3 is 6.18 Å². The number of aromatic nitrogens is 2. The smallest absolute Gasteiger partial charge is 0.366 e. The van der Waals surface area contributed by atoms with Crippen molar-refractivity contribution < 1.29 is 18.0 Å². The van der Waals surface area contributed by atoms with Crippen LogP contribution in [0.4, 0.5) is 36.2 Å². The van der Waals surface area contributed by atoms with Crippen LogP contribution in [0.25, 0.3) is 0 Å². The van der Waals surface area contributed by atoms with E-state index in [1.165, 1.54) is 17.7 Å². The summed E-state index contributed by atoms with van der Waals surface area (Å²) in [7, 11) is 2.16. The molecule has 8 nitrogen and oxygen atoms in total. The lowest BCUT2D eigenvalue weighted by Gasteiger charge is -2.32. The first kappa shape index (κ1) is 30.5. The van der Waals surface area contributed by atoms with Crippen LogP contribution in [0.15, 0.2) is 72.9 Å². The maximum atomic E-state index is 13.1. The molecule has 1 aromatic heterocycles. The molecule has 3 aromatic carbocycles. The topological polar surface area (TPSA) is 76.6 Å². The van der Waals surface area contributed by atoms with Crippen LogP contribution >= 0.6 is 0 Å². The number of carbonyl (C=O) groups is 1. The van der Waals surface area contributed by atoms with E-state index < -0.39 is 17.6 Å². The first-order valence-electron chi connectivity index (χ1n) is 15.1. The van der Waals surface area contributed by atoms with Crippen LogP contribution < -0.4 is 15.5 Å². The fraction of sp³-hybridized carbons (Fsp3) is 0.324. The van der Waals surface area contributed by atoms with Gasteiger partial charge in [0.2, 0.25) is 5.95 Å². The normalized spacial score (nSPS) is 15.9. The fourth-order valence-corrected chi connectivity index (χ4v) is 5.79. The van der Waals surface area contributed by atoms with Crippen molar-refractivity contribution in [3.8, 4) is 0 Å². The SMILES string of the molecule is Cc1ccc(NC(=O)c2cccc(C(F)(F)F)c2)cc1N1CCc2nc(Nc3cccc(CN4CCN(C)CC4)c3)ncc2C1. The second kappa shape index (κ2) is 12.9. The molecule has 1 saturated heterocycles. The Kier molecular flexibility index (Phi) is 8.73. The Bertz CT molecular complexity index is 1680. The third kappa shape index (κ3) is 7.43. The van der Waals surface area contributed by atoms with Crippen molar-refractivity contribution in [2.45, 2.75) is 32.6 Å². The number of benzene rings is 3. The van der Waals surface area contributed by atoms with E-state index in [0.29, 0.717) is 18.2 Å². The van der Waals surface area contributed by atoms with Gasteiger partial charge < -0.3 is 20.4 Å². The molecule has 234 valence electrons. The summed E-state index contributed by atoms with van der Waals surface area (Å²) in [6, 6.07) is 18.3. The molecule has 1 fully saturated rings. The molecule has 0 atom stereocenters. The van der Waals surface area contributed by atoms with Crippen molar-refractivity contribution in [3.63, 3.8) is 0 Å². The van der Waals surface area contributed by atoms with Gasteiger partial charge in [-0.1, -0.05) is 24.3 Å². The van der Waals surface area contributed by atoms with Crippen LogP contribution in [0.3, 0.4) is 0 Å². The lowest BCUT2D eigenvalue weighted by Crippen LogP contribution is -2.43. The molecule has 2 aliphatic heterocycles. The summed E-state index contributed by atoms with van der Waals surface area (Å²) in [5.74, 6) is -0.0346. The first-order valence-corrected chi connectivity index (χ1v) is 15.1. The Morgan fingerprint density at radius 2 is 1.73 bits per heavy atom. The monoisotopic (exact) mass is 615 g/mol.